The lowest BCUT2D eigenvalue weighted by Crippen LogP contribution is -2.49. The molecule has 3 aromatic rings. The van der Waals surface area contributed by atoms with Crippen molar-refractivity contribution in [3.8, 4) is 5.75 Å². The average Bonchev–Trinajstić information content (AvgIpc) is 3.34. The van der Waals surface area contributed by atoms with Gasteiger partial charge in [0.15, 0.2) is 11.2 Å². The number of hydrogen-bond donors (Lipinski definition) is 2. The first kappa shape index (κ1) is 29.3. The molecule has 0 bridgehead atoms. The molecule has 0 aliphatic carbocycles. The van der Waals surface area contributed by atoms with Crippen molar-refractivity contribution < 1.29 is 14.6 Å². The second-order valence-electron chi connectivity index (χ2n) is 10.8. The van der Waals surface area contributed by atoms with Crippen LogP contribution in [0.1, 0.15) is 0 Å². The number of anilines is 1. The number of imidazole rings is 1. The molecule has 5 rings (SSSR count). The van der Waals surface area contributed by atoms with Gasteiger partial charge < -0.3 is 24.5 Å². The van der Waals surface area contributed by atoms with E-state index in [0.29, 0.717) is 36.8 Å². The van der Waals surface area contributed by atoms with Crippen LogP contribution in [0.2, 0.25) is 0 Å². The summed E-state index contributed by atoms with van der Waals surface area (Å²) in [6.45, 7) is 10.2. The molecule has 1 aromatic carbocycles. The predicted octanol–water partition coefficient (Wildman–Crippen LogP) is -0.765. The Morgan fingerprint density at radius 3 is 2.34 bits per heavy atom. The van der Waals surface area contributed by atoms with Crippen LogP contribution in [0.3, 0.4) is 0 Å². The molecule has 2 aromatic heterocycles. The largest absolute Gasteiger partial charge is 0.492 e. The second kappa shape index (κ2) is 13.6. The van der Waals surface area contributed by atoms with Gasteiger partial charge in [-0.1, -0.05) is 18.2 Å². The molecular formula is C28H42N8O5. The van der Waals surface area contributed by atoms with E-state index >= 15 is 0 Å². The van der Waals surface area contributed by atoms with Gasteiger partial charge >= 0.3 is 5.69 Å². The zero-order valence-corrected chi connectivity index (χ0v) is 24.1. The van der Waals surface area contributed by atoms with Crippen LogP contribution in [-0.2, 0) is 25.4 Å². The Bertz CT molecular complexity index is 1390. The lowest BCUT2D eigenvalue weighted by molar-refractivity contribution is 0.0398. The van der Waals surface area contributed by atoms with E-state index in [1.807, 2.05) is 30.3 Å². The minimum absolute atomic E-state index is 0.189. The third-order valence-corrected chi connectivity index (χ3v) is 7.91. The Morgan fingerprint density at radius 1 is 0.927 bits per heavy atom. The van der Waals surface area contributed by atoms with E-state index in [1.165, 1.54) is 11.6 Å². The Balaban J connectivity index is 1.20. The van der Waals surface area contributed by atoms with E-state index in [4.69, 9.17) is 9.47 Å². The van der Waals surface area contributed by atoms with Gasteiger partial charge in [-0.25, -0.2) is 4.79 Å². The summed E-state index contributed by atoms with van der Waals surface area (Å²) in [5, 5.41) is 14.5. The molecule has 2 aliphatic rings. The van der Waals surface area contributed by atoms with E-state index in [-0.39, 0.29) is 6.54 Å². The maximum absolute atomic E-state index is 13.2. The summed E-state index contributed by atoms with van der Waals surface area (Å²) in [7, 11) is 3.08. The first-order valence-corrected chi connectivity index (χ1v) is 14.4. The van der Waals surface area contributed by atoms with Gasteiger partial charge in [0.2, 0.25) is 5.95 Å². The van der Waals surface area contributed by atoms with Gasteiger partial charge in [-0.3, -0.25) is 28.6 Å². The molecule has 13 nitrogen and oxygen atoms in total. The number of piperazine rings is 1. The van der Waals surface area contributed by atoms with E-state index in [2.05, 4.69) is 25.0 Å². The number of aliphatic hydroxyl groups is 1. The summed E-state index contributed by atoms with van der Waals surface area (Å²) < 4.78 is 15.5. The summed E-state index contributed by atoms with van der Waals surface area (Å²) in [4.78, 5) is 37.3. The SMILES string of the molecule is Cn1c(=O)c2c(nc(NCCN3CCOCC3)n2CC(O)CN2CCN(CCOc3ccccc3)CC2)n(C)c1=O. The average molecular weight is 571 g/mol. The molecule has 2 N–H and O–H groups in total. The molecule has 0 saturated carbocycles. The van der Waals surface area contributed by atoms with E-state index < -0.39 is 17.4 Å². The number of rotatable bonds is 12. The fraction of sp³-hybridized carbons (Fsp3) is 0.607. The number of aliphatic hydroxyl groups excluding tert-OH is 1. The Kier molecular flexibility index (Phi) is 9.72. The minimum Gasteiger partial charge on any atom is -0.492 e. The highest BCUT2D eigenvalue weighted by molar-refractivity contribution is 5.74. The molecule has 13 heteroatoms. The highest BCUT2D eigenvalue weighted by Crippen LogP contribution is 2.17. The van der Waals surface area contributed by atoms with Crippen molar-refractivity contribution in [1.82, 2.24) is 33.4 Å². The summed E-state index contributed by atoms with van der Waals surface area (Å²) in [5.74, 6) is 1.36. The predicted molar refractivity (Wildman–Crippen MR) is 157 cm³/mol. The smallest absolute Gasteiger partial charge is 0.332 e. The fourth-order valence-corrected chi connectivity index (χ4v) is 5.48. The number of aryl methyl sites for hydroxylation is 1. The lowest BCUT2D eigenvalue weighted by atomic mass is 10.2. The maximum Gasteiger partial charge on any atom is 0.332 e. The number of nitrogens with one attached hydrogen (secondary N) is 1. The highest BCUT2D eigenvalue weighted by Gasteiger charge is 2.24. The van der Waals surface area contributed by atoms with E-state index in [1.54, 1.807) is 11.6 Å². The van der Waals surface area contributed by atoms with Crippen LogP contribution in [0.4, 0.5) is 5.95 Å². The molecular weight excluding hydrogens is 528 g/mol. The normalized spacial score (nSPS) is 18.1. The fourth-order valence-electron chi connectivity index (χ4n) is 5.48. The zero-order chi connectivity index (χ0) is 28.8. The second-order valence-corrected chi connectivity index (χ2v) is 10.8. The van der Waals surface area contributed by atoms with E-state index in [9.17, 15) is 14.7 Å². The van der Waals surface area contributed by atoms with Crippen LogP contribution in [-0.4, -0.2) is 130 Å². The Morgan fingerprint density at radius 2 is 1.61 bits per heavy atom. The summed E-state index contributed by atoms with van der Waals surface area (Å²) in [5.41, 5.74) is -0.230. The Hall–Kier alpha value is -3.23. The number of β-amino-alcohol motifs (C(OH)–C–C–N with tert-alkyl or cyclic N) is 1. The zero-order valence-electron chi connectivity index (χ0n) is 24.1. The van der Waals surface area contributed by atoms with Crippen molar-refractivity contribution in [1.29, 1.82) is 0 Å². The molecule has 41 heavy (non-hydrogen) atoms. The number of hydrogen-bond acceptors (Lipinski definition) is 10. The van der Waals surface area contributed by atoms with Crippen molar-refractivity contribution >= 4 is 17.1 Å². The number of para-hydroxylation sites is 1. The van der Waals surface area contributed by atoms with Crippen LogP contribution in [0, 0.1) is 0 Å². The van der Waals surface area contributed by atoms with Crippen LogP contribution in [0.25, 0.3) is 11.2 Å². The van der Waals surface area contributed by atoms with Gasteiger partial charge in [0.25, 0.3) is 5.56 Å². The first-order valence-electron chi connectivity index (χ1n) is 14.4. The summed E-state index contributed by atoms with van der Waals surface area (Å²) in [6, 6.07) is 9.83. The van der Waals surface area contributed by atoms with Gasteiger partial charge in [-0.15, -0.1) is 0 Å². The standard InChI is InChI=1S/C28H42N8O5/c1-31-25-24(26(38)32(2)28(31)39)36(27(30-25)29-8-9-33-14-17-40-18-15-33)21-22(37)20-35-12-10-34(11-13-35)16-19-41-23-6-4-3-5-7-23/h3-7,22,37H,8-21H2,1-2H3,(H,29,30). The third kappa shape index (κ3) is 7.16. The summed E-state index contributed by atoms with van der Waals surface area (Å²) >= 11 is 0. The van der Waals surface area contributed by atoms with Crippen LogP contribution < -0.4 is 21.3 Å². The van der Waals surface area contributed by atoms with E-state index in [0.717, 1.165) is 75.9 Å². The van der Waals surface area contributed by atoms with Crippen molar-refractivity contribution in [2.75, 3.05) is 90.6 Å². The highest BCUT2D eigenvalue weighted by atomic mass is 16.5. The number of fused-ring (bicyclic) bond motifs is 1. The van der Waals surface area contributed by atoms with Gasteiger partial charge in [-0.2, -0.15) is 4.98 Å². The molecule has 4 heterocycles. The van der Waals surface area contributed by atoms with Gasteiger partial charge in [0.1, 0.15) is 12.4 Å². The maximum atomic E-state index is 13.2. The molecule has 0 spiro atoms. The number of aromatic nitrogens is 4. The number of ether oxygens (including phenoxy) is 2. The molecule has 0 radical (unpaired) electrons. The molecule has 224 valence electrons. The van der Waals surface area contributed by atoms with Crippen molar-refractivity contribution in [2.24, 2.45) is 14.1 Å². The van der Waals surface area contributed by atoms with Crippen LogP contribution in [0.5, 0.6) is 5.75 Å². The first-order chi connectivity index (χ1) is 19.9. The number of morpholine rings is 1. The summed E-state index contributed by atoms with van der Waals surface area (Å²) in [6.07, 6.45) is -0.720. The number of benzene rings is 1. The molecule has 1 unspecified atom stereocenters. The van der Waals surface area contributed by atoms with Crippen LogP contribution in [0.15, 0.2) is 39.9 Å². The third-order valence-electron chi connectivity index (χ3n) is 7.91. The molecule has 2 saturated heterocycles. The topological polar surface area (TPSA) is 122 Å². The van der Waals surface area contributed by atoms with Gasteiger partial charge in [0, 0.05) is 79.5 Å². The molecule has 2 fully saturated rings. The Labute approximate surface area is 239 Å². The quantitative estimate of drug-likeness (QED) is 0.287. The van der Waals surface area contributed by atoms with Crippen molar-refractivity contribution in [3.63, 3.8) is 0 Å². The van der Waals surface area contributed by atoms with Gasteiger partial charge in [-0.05, 0) is 12.1 Å². The number of nitrogens with zero attached hydrogens (tertiary/aromatic N) is 7. The molecule has 0 amide bonds. The van der Waals surface area contributed by atoms with Gasteiger partial charge in [0.05, 0.1) is 25.9 Å². The van der Waals surface area contributed by atoms with Crippen molar-refractivity contribution in [2.45, 2.75) is 12.6 Å². The minimum atomic E-state index is -0.720. The molecule has 2 aliphatic heterocycles. The van der Waals surface area contributed by atoms with Crippen molar-refractivity contribution in [3.05, 3.63) is 51.2 Å². The molecule has 1 atom stereocenters. The lowest BCUT2D eigenvalue weighted by Gasteiger charge is -2.35. The van der Waals surface area contributed by atoms with Crippen LogP contribution >= 0.6 is 0 Å². The monoisotopic (exact) mass is 570 g/mol.